The predicted molar refractivity (Wildman–Crippen MR) is 162 cm³/mol. The lowest BCUT2D eigenvalue weighted by atomic mass is 9.80. The number of hydrogen-bond acceptors (Lipinski definition) is 6. The molecule has 0 saturated carbocycles. The highest BCUT2D eigenvalue weighted by molar-refractivity contribution is 5.75. The van der Waals surface area contributed by atoms with Crippen LogP contribution in [0.15, 0.2) is 78.9 Å². The van der Waals surface area contributed by atoms with E-state index in [9.17, 15) is 14.7 Å². The Balaban J connectivity index is 1.66. The predicted octanol–water partition coefficient (Wildman–Crippen LogP) is 5.69. The molecule has 0 aliphatic heterocycles. The molecule has 0 aliphatic rings. The van der Waals surface area contributed by atoms with Gasteiger partial charge in [-0.15, -0.1) is 0 Å². The van der Waals surface area contributed by atoms with Crippen LogP contribution in [0.3, 0.4) is 0 Å². The first-order valence-electron chi connectivity index (χ1n) is 14.5. The Labute approximate surface area is 248 Å². The molecule has 3 rings (SSSR count). The standard InChI is InChI=1S/C34H43NO7/c1-40-30-20-16-27(17-21-30)34(26-12-8-7-9-13-26,28-18-22-31(41-2)23-19-28)42-25-29(36)24-35-32(37)14-10-5-3-4-6-11-15-33(38)39/h7-9,12-13,16-23,29,36H,3-6,10-11,14-15,24-25H2,1-2H3,(H,35,37)(H,38,39)/t29-/m1/s1. The van der Waals surface area contributed by atoms with Gasteiger partial charge in [-0.2, -0.15) is 0 Å². The van der Waals surface area contributed by atoms with E-state index in [1.165, 1.54) is 0 Å². The van der Waals surface area contributed by atoms with Crippen molar-refractivity contribution in [3.05, 3.63) is 95.6 Å². The number of amides is 1. The highest BCUT2D eigenvalue weighted by atomic mass is 16.5. The molecular weight excluding hydrogens is 534 g/mol. The Morgan fingerprint density at radius 3 is 1.69 bits per heavy atom. The van der Waals surface area contributed by atoms with Crippen molar-refractivity contribution in [2.75, 3.05) is 27.4 Å². The van der Waals surface area contributed by atoms with Crippen LogP contribution < -0.4 is 14.8 Å². The first kappa shape index (κ1) is 32.6. The van der Waals surface area contributed by atoms with Crippen LogP contribution in [0, 0.1) is 0 Å². The molecule has 0 unspecified atom stereocenters. The number of methoxy groups -OCH3 is 2. The smallest absolute Gasteiger partial charge is 0.303 e. The van der Waals surface area contributed by atoms with Crippen molar-refractivity contribution >= 4 is 11.9 Å². The zero-order valence-electron chi connectivity index (χ0n) is 24.6. The summed E-state index contributed by atoms with van der Waals surface area (Å²) in [6, 6.07) is 25.2. The fourth-order valence-electron chi connectivity index (χ4n) is 4.94. The minimum atomic E-state index is -1.05. The third-order valence-corrected chi connectivity index (χ3v) is 7.24. The van der Waals surface area contributed by atoms with Crippen LogP contribution >= 0.6 is 0 Å². The summed E-state index contributed by atoms with van der Waals surface area (Å²) in [4.78, 5) is 23.0. The van der Waals surface area contributed by atoms with Gasteiger partial charge >= 0.3 is 5.97 Å². The number of benzene rings is 3. The van der Waals surface area contributed by atoms with Gasteiger partial charge in [0.2, 0.25) is 5.91 Å². The number of carbonyl (C=O) groups is 2. The highest BCUT2D eigenvalue weighted by Crippen LogP contribution is 2.41. The summed E-state index contributed by atoms with van der Waals surface area (Å²) in [7, 11) is 3.24. The molecule has 0 radical (unpaired) electrons. The number of ether oxygens (including phenoxy) is 3. The molecule has 0 spiro atoms. The maximum absolute atomic E-state index is 12.4. The van der Waals surface area contributed by atoms with Crippen LogP contribution in [0.25, 0.3) is 0 Å². The van der Waals surface area contributed by atoms with Crippen LogP contribution in [0.5, 0.6) is 11.5 Å². The average Bonchev–Trinajstić information content (AvgIpc) is 3.02. The molecule has 3 aromatic rings. The summed E-state index contributed by atoms with van der Waals surface area (Å²) in [6.07, 6.45) is 4.86. The molecule has 0 aromatic heterocycles. The van der Waals surface area contributed by atoms with Crippen LogP contribution in [-0.2, 0) is 19.9 Å². The van der Waals surface area contributed by atoms with Gasteiger partial charge in [0.05, 0.1) is 26.9 Å². The first-order chi connectivity index (χ1) is 20.4. The highest BCUT2D eigenvalue weighted by Gasteiger charge is 2.38. The fraction of sp³-hybridized carbons (Fsp3) is 0.412. The zero-order valence-corrected chi connectivity index (χ0v) is 24.6. The van der Waals surface area contributed by atoms with Gasteiger partial charge in [0.25, 0.3) is 0 Å². The number of carboxylic acid groups (broad SMARTS) is 1. The van der Waals surface area contributed by atoms with Crippen molar-refractivity contribution in [1.29, 1.82) is 0 Å². The lowest BCUT2D eigenvalue weighted by Gasteiger charge is -2.36. The number of aliphatic carboxylic acids is 1. The Morgan fingerprint density at radius 1 is 0.714 bits per heavy atom. The van der Waals surface area contributed by atoms with Gasteiger partial charge in [-0.05, 0) is 53.8 Å². The van der Waals surface area contributed by atoms with Crippen molar-refractivity contribution in [2.45, 2.75) is 63.1 Å². The third kappa shape index (κ3) is 9.60. The minimum Gasteiger partial charge on any atom is -0.497 e. The average molecular weight is 578 g/mol. The maximum atomic E-state index is 12.4. The van der Waals surface area contributed by atoms with Crippen LogP contribution in [0.1, 0.15) is 68.1 Å². The summed E-state index contributed by atoms with van der Waals surface area (Å²) in [6.45, 7) is 0.0493. The summed E-state index contributed by atoms with van der Waals surface area (Å²) in [5.74, 6) is 0.568. The van der Waals surface area contributed by atoms with E-state index >= 15 is 0 Å². The summed E-state index contributed by atoms with van der Waals surface area (Å²) < 4.78 is 17.4. The molecule has 0 aliphatic carbocycles. The minimum absolute atomic E-state index is 0.0242. The van der Waals surface area contributed by atoms with Gasteiger partial charge < -0.3 is 29.7 Å². The zero-order chi connectivity index (χ0) is 30.2. The van der Waals surface area contributed by atoms with Crippen molar-refractivity contribution in [1.82, 2.24) is 5.32 Å². The summed E-state index contributed by atoms with van der Waals surface area (Å²) in [5, 5.41) is 22.4. The van der Waals surface area contributed by atoms with E-state index in [2.05, 4.69) is 5.32 Å². The number of rotatable bonds is 19. The molecule has 0 bridgehead atoms. The van der Waals surface area contributed by atoms with E-state index in [-0.39, 0.29) is 25.5 Å². The van der Waals surface area contributed by atoms with E-state index in [1.807, 2.05) is 78.9 Å². The Bertz CT molecular complexity index is 1170. The van der Waals surface area contributed by atoms with Gasteiger partial charge in [-0.25, -0.2) is 0 Å². The molecule has 0 fully saturated rings. The van der Waals surface area contributed by atoms with Crippen molar-refractivity contribution < 1.29 is 34.0 Å². The SMILES string of the molecule is COc1ccc(C(OC[C@H](O)CNC(=O)CCCCCCCCC(=O)O)(c2ccccc2)c2ccc(OC)cc2)cc1. The quantitative estimate of drug-likeness (QED) is 0.124. The molecule has 226 valence electrons. The molecule has 8 heteroatoms. The van der Waals surface area contributed by atoms with Gasteiger partial charge in [0.1, 0.15) is 17.1 Å². The number of nitrogens with one attached hydrogen (secondary N) is 1. The lowest BCUT2D eigenvalue weighted by Crippen LogP contribution is -2.39. The van der Waals surface area contributed by atoms with Crippen molar-refractivity contribution in [3.8, 4) is 11.5 Å². The molecule has 0 heterocycles. The largest absolute Gasteiger partial charge is 0.497 e. The number of unbranched alkanes of at least 4 members (excludes halogenated alkanes) is 5. The summed E-state index contributed by atoms with van der Waals surface area (Å²) >= 11 is 0. The van der Waals surface area contributed by atoms with Crippen molar-refractivity contribution in [2.24, 2.45) is 0 Å². The first-order valence-corrected chi connectivity index (χ1v) is 14.5. The second-order valence-corrected chi connectivity index (χ2v) is 10.3. The van der Waals surface area contributed by atoms with E-state index in [1.54, 1.807) is 14.2 Å². The monoisotopic (exact) mass is 577 g/mol. The molecule has 3 aromatic carbocycles. The van der Waals surface area contributed by atoms with Gasteiger partial charge in [0.15, 0.2) is 0 Å². The summed E-state index contributed by atoms with van der Waals surface area (Å²) in [5.41, 5.74) is 1.56. The fourth-order valence-corrected chi connectivity index (χ4v) is 4.94. The Kier molecular flexibility index (Phi) is 13.3. The van der Waals surface area contributed by atoms with Gasteiger partial charge in [-0.3, -0.25) is 9.59 Å². The molecule has 1 amide bonds. The normalized spacial score (nSPS) is 12.0. The van der Waals surface area contributed by atoms with Crippen LogP contribution in [0.2, 0.25) is 0 Å². The Hall–Kier alpha value is -3.88. The van der Waals surface area contributed by atoms with Crippen molar-refractivity contribution in [3.63, 3.8) is 0 Å². The van der Waals surface area contributed by atoms with Gasteiger partial charge in [0, 0.05) is 19.4 Å². The molecule has 1 atom stereocenters. The second-order valence-electron chi connectivity index (χ2n) is 10.3. The maximum Gasteiger partial charge on any atom is 0.303 e. The Morgan fingerprint density at radius 2 is 1.19 bits per heavy atom. The number of aliphatic hydroxyl groups excluding tert-OH is 1. The van der Waals surface area contributed by atoms with Crippen LogP contribution in [0.4, 0.5) is 0 Å². The number of aliphatic hydroxyl groups is 1. The molecular formula is C34H43NO7. The van der Waals surface area contributed by atoms with Gasteiger partial charge in [-0.1, -0.05) is 80.3 Å². The second kappa shape index (κ2) is 17.2. The lowest BCUT2D eigenvalue weighted by molar-refractivity contribution is -0.137. The van der Waals surface area contributed by atoms with E-state index < -0.39 is 17.7 Å². The molecule has 3 N–H and O–H groups in total. The number of carboxylic acids is 1. The third-order valence-electron chi connectivity index (χ3n) is 7.24. The number of hydrogen-bond donors (Lipinski definition) is 3. The molecule has 42 heavy (non-hydrogen) atoms. The van der Waals surface area contributed by atoms with E-state index in [4.69, 9.17) is 19.3 Å². The topological polar surface area (TPSA) is 114 Å². The van der Waals surface area contributed by atoms with E-state index in [0.717, 1.165) is 60.3 Å². The molecule has 8 nitrogen and oxygen atoms in total. The number of carbonyl (C=O) groups excluding carboxylic acids is 1. The van der Waals surface area contributed by atoms with Crippen LogP contribution in [-0.4, -0.2) is 55.6 Å². The molecule has 0 saturated heterocycles. The van der Waals surface area contributed by atoms with E-state index in [0.29, 0.717) is 12.8 Å².